The number of nitrogens with one attached hydrogen (secondary N) is 1. The summed E-state index contributed by atoms with van der Waals surface area (Å²) in [5.74, 6) is -1.74. The number of carbonyl (C=O) groups excluding carboxylic acids is 2. The molecule has 2 aromatic carbocycles. The standard InChI is InChI=1S/C29H29F2N5O4/c1-4-24(37)36(3)8-10-40-26-25(33-15-34-27(26)32)18-11-17(30)12-22(16(18)2)35-28(38)19-13-23-20(14-21(19)31)29(5-6-29)7-9-39-23/h4,11-15H,1,5-10H2,2-3H3,(H,35,38)(H2,32,33,34). The summed E-state index contributed by atoms with van der Waals surface area (Å²) >= 11 is 0. The van der Waals surface area contributed by atoms with Crippen molar-refractivity contribution in [1.29, 1.82) is 0 Å². The number of aromatic nitrogens is 2. The molecule has 1 spiro atoms. The molecule has 1 aliphatic heterocycles. The van der Waals surface area contributed by atoms with Crippen LogP contribution in [0.15, 0.2) is 43.2 Å². The second-order valence-corrected chi connectivity index (χ2v) is 10.0. The van der Waals surface area contributed by atoms with E-state index in [4.69, 9.17) is 15.2 Å². The summed E-state index contributed by atoms with van der Waals surface area (Å²) in [6.45, 7) is 5.90. The molecule has 0 atom stereocenters. The molecule has 3 N–H and O–H groups in total. The molecule has 5 rings (SSSR count). The number of hydrogen-bond donors (Lipinski definition) is 2. The van der Waals surface area contributed by atoms with Crippen LogP contribution in [0.2, 0.25) is 0 Å². The molecule has 1 aliphatic carbocycles. The number of nitrogen functional groups attached to an aromatic ring is 1. The summed E-state index contributed by atoms with van der Waals surface area (Å²) in [7, 11) is 1.59. The number of carbonyl (C=O) groups is 2. The summed E-state index contributed by atoms with van der Waals surface area (Å²) < 4.78 is 41.5. The number of rotatable bonds is 8. The summed E-state index contributed by atoms with van der Waals surface area (Å²) in [5.41, 5.74) is 7.66. The first-order valence-corrected chi connectivity index (χ1v) is 12.8. The Morgan fingerprint density at radius 3 is 2.73 bits per heavy atom. The van der Waals surface area contributed by atoms with Gasteiger partial charge in [0.15, 0.2) is 11.6 Å². The quantitative estimate of drug-likeness (QED) is 0.400. The van der Waals surface area contributed by atoms with Gasteiger partial charge in [-0.05, 0) is 62.1 Å². The lowest BCUT2D eigenvalue weighted by atomic mass is 9.89. The van der Waals surface area contributed by atoms with Crippen LogP contribution >= 0.6 is 0 Å². The normalized spacial score (nSPS) is 14.6. The summed E-state index contributed by atoms with van der Waals surface area (Å²) in [4.78, 5) is 34.5. The van der Waals surface area contributed by atoms with Crippen LogP contribution < -0.4 is 20.5 Å². The van der Waals surface area contributed by atoms with E-state index in [2.05, 4.69) is 21.9 Å². The minimum Gasteiger partial charge on any atom is -0.493 e. The van der Waals surface area contributed by atoms with Crippen LogP contribution in [0.3, 0.4) is 0 Å². The molecule has 2 aliphatic rings. The van der Waals surface area contributed by atoms with Crippen molar-refractivity contribution in [2.75, 3.05) is 37.9 Å². The molecule has 0 bridgehead atoms. The average molecular weight is 550 g/mol. The van der Waals surface area contributed by atoms with E-state index in [1.54, 1.807) is 14.0 Å². The van der Waals surface area contributed by atoms with Gasteiger partial charge >= 0.3 is 0 Å². The minimum atomic E-state index is -0.743. The summed E-state index contributed by atoms with van der Waals surface area (Å²) in [5, 5.41) is 2.63. The molecule has 0 radical (unpaired) electrons. The average Bonchev–Trinajstić information content (AvgIpc) is 3.70. The first-order chi connectivity index (χ1) is 19.1. The smallest absolute Gasteiger partial charge is 0.258 e. The van der Waals surface area contributed by atoms with Crippen LogP contribution in [0.5, 0.6) is 11.5 Å². The number of fused-ring (bicyclic) bond motifs is 2. The molecule has 2 heterocycles. The van der Waals surface area contributed by atoms with Gasteiger partial charge in [-0.15, -0.1) is 0 Å². The van der Waals surface area contributed by atoms with Crippen LogP contribution in [0.25, 0.3) is 11.3 Å². The molecule has 2 amide bonds. The van der Waals surface area contributed by atoms with E-state index in [1.807, 2.05) is 0 Å². The van der Waals surface area contributed by atoms with Crippen LogP contribution in [0.1, 0.15) is 40.7 Å². The molecule has 11 heteroatoms. The van der Waals surface area contributed by atoms with Crippen molar-refractivity contribution in [1.82, 2.24) is 14.9 Å². The van der Waals surface area contributed by atoms with E-state index in [0.717, 1.165) is 30.9 Å². The third-order valence-electron chi connectivity index (χ3n) is 7.51. The summed E-state index contributed by atoms with van der Waals surface area (Å²) in [6, 6.07) is 5.17. The maximum atomic E-state index is 15.1. The second-order valence-electron chi connectivity index (χ2n) is 10.0. The van der Waals surface area contributed by atoms with Gasteiger partial charge in [-0.3, -0.25) is 9.59 Å². The van der Waals surface area contributed by atoms with Crippen molar-refractivity contribution in [3.8, 4) is 22.8 Å². The first kappa shape index (κ1) is 27.0. The fourth-order valence-corrected chi connectivity index (χ4v) is 4.94. The molecular formula is C29H29F2N5O4. The number of benzene rings is 2. The van der Waals surface area contributed by atoms with Gasteiger partial charge in [0.05, 0.1) is 18.7 Å². The largest absolute Gasteiger partial charge is 0.493 e. The SMILES string of the molecule is C=CC(=O)N(C)CCOc1c(N)ncnc1-c1cc(F)cc(NC(=O)c2cc3c(cc2F)C2(CCO3)CC2)c1C. The molecular weight excluding hydrogens is 520 g/mol. The van der Waals surface area contributed by atoms with Crippen molar-refractivity contribution >= 4 is 23.3 Å². The van der Waals surface area contributed by atoms with Crippen LogP contribution in [0.4, 0.5) is 20.3 Å². The van der Waals surface area contributed by atoms with E-state index in [-0.39, 0.29) is 53.0 Å². The second kappa shape index (κ2) is 10.6. The monoisotopic (exact) mass is 549 g/mol. The lowest BCUT2D eigenvalue weighted by Crippen LogP contribution is -2.29. The lowest BCUT2D eigenvalue weighted by Gasteiger charge is -2.26. The van der Waals surface area contributed by atoms with E-state index in [0.29, 0.717) is 23.5 Å². The van der Waals surface area contributed by atoms with Gasteiger partial charge in [-0.1, -0.05) is 6.58 Å². The highest BCUT2D eigenvalue weighted by Crippen LogP contribution is 2.56. The molecule has 0 unspecified atom stereocenters. The van der Waals surface area contributed by atoms with Crippen LogP contribution in [-0.4, -0.2) is 53.5 Å². The van der Waals surface area contributed by atoms with Crippen molar-refractivity contribution in [3.05, 3.63) is 71.6 Å². The number of nitrogens with zero attached hydrogens (tertiary/aromatic N) is 3. The van der Waals surface area contributed by atoms with E-state index < -0.39 is 17.5 Å². The number of anilines is 2. The van der Waals surface area contributed by atoms with Crippen molar-refractivity contribution in [3.63, 3.8) is 0 Å². The van der Waals surface area contributed by atoms with E-state index >= 15 is 4.39 Å². The topological polar surface area (TPSA) is 120 Å². The highest BCUT2D eigenvalue weighted by Gasteiger charge is 2.48. The van der Waals surface area contributed by atoms with Gasteiger partial charge in [0.1, 0.15) is 36.0 Å². The highest BCUT2D eigenvalue weighted by atomic mass is 19.1. The molecule has 40 heavy (non-hydrogen) atoms. The molecule has 9 nitrogen and oxygen atoms in total. The Labute approximate surface area is 230 Å². The number of ether oxygens (including phenoxy) is 2. The molecule has 1 aromatic heterocycles. The zero-order valence-electron chi connectivity index (χ0n) is 22.2. The zero-order valence-corrected chi connectivity index (χ0v) is 22.2. The van der Waals surface area contributed by atoms with E-state index in [9.17, 15) is 14.0 Å². The number of nitrogens with two attached hydrogens (primary N) is 1. The molecule has 208 valence electrons. The maximum absolute atomic E-state index is 15.1. The molecule has 0 saturated heterocycles. The van der Waals surface area contributed by atoms with Gasteiger partial charge in [0.25, 0.3) is 5.91 Å². The van der Waals surface area contributed by atoms with E-state index in [1.165, 1.54) is 35.5 Å². The Hall–Kier alpha value is -4.54. The number of hydrogen-bond acceptors (Lipinski definition) is 7. The fraction of sp³-hybridized carbons (Fsp3) is 0.310. The molecule has 1 saturated carbocycles. The Kier molecular flexibility index (Phi) is 7.14. The van der Waals surface area contributed by atoms with Crippen molar-refractivity contribution in [2.45, 2.75) is 31.6 Å². The third-order valence-corrected chi connectivity index (χ3v) is 7.51. The number of amides is 2. The first-order valence-electron chi connectivity index (χ1n) is 12.8. The maximum Gasteiger partial charge on any atom is 0.258 e. The molecule has 3 aromatic rings. The Balaban J connectivity index is 1.42. The van der Waals surface area contributed by atoms with Crippen LogP contribution in [-0.2, 0) is 10.2 Å². The van der Waals surface area contributed by atoms with Gasteiger partial charge in [-0.25, -0.2) is 18.7 Å². The lowest BCUT2D eigenvalue weighted by molar-refractivity contribution is -0.125. The van der Waals surface area contributed by atoms with Crippen LogP contribution in [0, 0.1) is 18.6 Å². The Bertz CT molecular complexity index is 1520. The van der Waals surface area contributed by atoms with Gasteiger partial charge in [0, 0.05) is 29.3 Å². The van der Waals surface area contributed by atoms with Gasteiger partial charge < -0.3 is 25.4 Å². The Morgan fingerprint density at radius 2 is 2.00 bits per heavy atom. The Morgan fingerprint density at radius 1 is 1.23 bits per heavy atom. The molecule has 1 fully saturated rings. The van der Waals surface area contributed by atoms with Crippen molar-refractivity contribution < 1.29 is 27.8 Å². The predicted octanol–water partition coefficient (Wildman–Crippen LogP) is 4.40. The third kappa shape index (κ3) is 5.06. The summed E-state index contributed by atoms with van der Waals surface area (Å²) in [6.07, 6.45) is 5.18. The van der Waals surface area contributed by atoms with Gasteiger partial charge in [-0.2, -0.15) is 0 Å². The highest BCUT2D eigenvalue weighted by molar-refractivity contribution is 6.05. The van der Waals surface area contributed by atoms with Crippen molar-refractivity contribution in [2.24, 2.45) is 0 Å². The zero-order chi connectivity index (χ0) is 28.6. The minimum absolute atomic E-state index is 0.0153. The fourth-order valence-electron chi connectivity index (χ4n) is 4.94. The van der Waals surface area contributed by atoms with Gasteiger partial charge in [0.2, 0.25) is 5.91 Å². The number of halogens is 2. The predicted molar refractivity (Wildman–Crippen MR) is 145 cm³/mol. The number of likely N-dealkylation sites (N-methyl/N-ethyl adjacent to an activating group) is 1.